The van der Waals surface area contributed by atoms with E-state index in [0.717, 1.165) is 0 Å². The largest absolute Gasteiger partial charge is 0.553 e. The Kier molecular flexibility index (Phi) is 73.9. The van der Waals surface area contributed by atoms with Gasteiger partial charge in [-0.05, 0) is 12.8 Å². The van der Waals surface area contributed by atoms with Gasteiger partial charge in [0.25, 0.3) is 0 Å². The van der Waals surface area contributed by atoms with Crippen molar-refractivity contribution in [1.29, 1.82) is 0 Å². The third-order valence-electron chi connectivity index (χ3n) is 6.59. The zero-order valence-corrected chi connectivity index (χ0v) is 58.8. The van der Waals surface area contributed by atoms with Crippen molar-refractivity contribution in [2.45, 2.75) is 61.7 Å². The molecule has 0 amide bonds. The Bertz CT molecular complexity index is 751. The molecule has 27 heteroatoms. The molecule has 0 radical (unpaired) electrons. The second-order valence-electron chi connectivity index (χ2n) is 13.1. The minimum atomic E-state index is -0.760. The molecule has 0 aromatic rings. The Morgan fingerprint density at radius 2 is 0.388 bits per heavy atom. The summed E-state index contributed by atoms with van der Waals surface area (Å²) in [5.41, 5.74) is 0. The Hall–Kier alpha value is -3.96. The van der Waals surface area contributed by atoms with E-state index in [4.69, 9.17) is 58.3 Å². The van der Waals surface area contributed by atoms with Crippen molar-refractivity contribution in [2.75, 3.05) is 159 Å². The molecule has 0 aromatic heterocycles. The topological polar surface area (TPSA) is 332 Å². The van der Waals surface area contributed by atoms with Gasteiger partial charge in [0.05, 0.1) is 129 Å². The summed E-state index contributed by atoms with van der Waals surface area (Å²) in [5, 5.41) is 90.4. The van der Waals surface area contributed by atoms with Crippen LogP contribution in [0.15, 0.2) is 0 Å². The van der Waals surface area contributed by atoms with Gasteiger partial charge in [-0.25, -0.2) is 42.7 Å². The van der Waals surface area contributed by atoms with E-state index in [0.29, 0.717) is 39.3 Å². The predicted molar refractivity (Wildman–Crippen MR) is 226 cm³/mol. The van der Waals surface area contributed by atoms with Gasteiger partial charge >= 0.3 is 0 Å². The van der Waals surface area contributed by atoms with Crippen molar-refractivity contribution in [3.63, 3.8) is 0 Å². The maximum atomic E-state index is 9.26. The SMILES string of the molecule is [CH2-]OCC(O)COCC(O)COCCO.[CH2-]OCC(O)COCC(O)COCCO.[CH2-]OCC(O)COCCCOCC(O)CO[CH2-].[CH2-]OCC(O)COCCCOCC(O)CO[CH2-].[Rf].[Rf].[Rf]. The standard InChI is InChI=1S/2C11H22O6.2C9H19O6.3Rf/c2*1-14-6-10(12)8-16-4-3-5-17-9-11(13)7-15-2;2*1-13-4-8(11)6-15-7-9(12)5-14-3-2-10;;;/h2*10-13H,1-9H2;2*8-12H,1-7H2;;;/q2*-2;2*-1;;;. The molecule has 67 heavy (non-hydrogen) atoms. The van der Waals surface area contributed by atoms with E-state index < -0.39 is 48.8 Å². The van der Waals surface area contributed by atoms with E-state index >= 15 is 0 Å². The average Bonchev–Trinajstić information content (AvgIpc) is 3.24. The molecule has 398 valence electrons. The molecule has 0 heterocycles. The molecule has 0 bridgehead atoms. The number of hydrogen-bond acceptors (Lipinski definition) is 24. The first-order valence-corrected chi connectivity index (χ1v) is 20.3. The number of rotatable bonds is 44. The van der Waals surface area contributed by atoms with Crippen molar-refractivity contribution in [2.24, 2.45) is 0 Å². The van der Waals surface area contributed by atoms with Gasteiger partial charge in [-0.15, -0.1) is 0 Å². The van der Waals surface area contributed by atoms with E-state index in [-0.39, 0.29) is 132 Å². The normalized spacial score (nSPS) is 14.3. The Labute approximate surface area is 380 Å². The van der Waals surface area contributed by atoms with Crippen LogP contribution in [0.5, 0.6) is 0 Å². The van der Waals surface area contributed by atoms with Crippen molar-refractivity contribution >= 4 is 0 Å². The molecule has 0 aliphatic carbocycles. The minimum absolute atomic E-state index is 0. The number of aliphatic hydroxyl groups is 10. The van der Waals surface area contributed by atoms with Crippen molar-refractivity contribution < 1.29 is 117 Å². The monoisotopic (exact) mass is 1750 g/mol. The molecule has 0 rings (SSSR count). The third-order valence-corrected chi connectivity index (χ3v) is 6.59. The minimum Gasteiger partial charge on any atom is -0.553 e. The molecule has 8 atom stereocenters. The van der Waals surface area contributed by atoms with Gasteiger partial charge in [0.2, 0.25) is 0 Å². The molecule has 24 nitrogen and oxygen atoms in total. The summed E-state index contributed by atoms with van der Waals surface area (Å²) in [5.74, 6) is 0. The molecule has 0 aliphatic rings. The molecule has 0 aromatic carbocycles. The molecular weight excluding hydrogens is 1670 g/mol. The van der Waals surface area contributed by atoms with Gasteiger partial charge in [0.15, 0.2) is 0 Å². The fourth-order valence-corrected chi connectivity index (χ4v) is 3.85. The maximum absolute atomic E-state index is 9.26. The van der Waals surface area contributed by atoms with Gasteiger partial charge in [-0.2, -0.15) is 0 Å². The van der Waals surface area contributed by atoms with Crippen LogP contribution >= 0.6 is 0 Å². The zero-order chi connectivity index (χ0) is 48.9. The molecule has 8 unspecified atom stereocenters. The van der Waals surface area contributed by atoms with E-state index in [1.54, 1.807) is 0 Å². The maximum Gasteiger partial charge on any atom is 0.101 e. The summed E-state index contributed by atoms with van der Waals surface area (Å²) in [6, 6.07) is 0. The smallest absolute Gasteiger partial charge is 0.101 e. The first-order valence-electron chi connectivity index (χ1n) is 20.3. The third kappa shape index (κ3) is 71.2. The number of ether oxygens (including phenoxy) is 14. The van der Waals surface area contributed by atoms with Crippen LogP contribution in [0.4, 0.5) is 0 Å². The van der Waals surface area contributed by atoms with Crippen LogP contribution in [0.2, 0.25) is 0 Å². The van der Waals surface area contributed by atoms with E-state index in [9.17, 15) is 30.6 Å². The molecular formula is C40H82O24Rf3-6. The second-order valence-corrected chi connectivity index (χ2v) is 13.1. The predicted octanol–water partition coefficient (Wildman–Crippen LogP) is -3.42. The molecule has 0 saturated heterocycles. The van der Waals surface area contributed by atoms with E-state index in [1.165, 1.54) is 0 Å². The summed E-state index contributed by atoms with van der Waals surface area (Å²) in [4.78, 5) is 0. The van der Waals surface area contributed by atoms with E-state index in [2.05, 4.69) is 71.1 Å². The van der Waals surface area contributed by atoms with Crippen LogP contribution in [-0.2, 0) is 66.3 Å². The molecule has 0 fully saturated rings. The molecule has 10 N–H and O–H groups in total. The molecule has 0 aliphatic heterocycles. The molecule has 0 saturated carbocycles. The molecule has 0 spiro atoms. The van der Waals surface area contributed by atoms with Crippen LogP contribution in [0.1, 0.15) is 12.8 Å². The second kappa shape index (κ2) is 64.1. The number of hydrogen-bond donors (Lipinski definition) is 10. The van der Waals surface area contributed by atoms with Gasteiger partial charge < -0.3 is 117 Å². The summed E-state index contributed by atoms with van der Waals surface area (Å²) in [7, 11) is 18.8. The van der Waals surface area contributed by atoms with Gasteiger partial charge in [0, 0.05) is 66.1 Å². The average molecular weight is 1750 g/mol. The van der Waals surface area contributed by atoms with Crippen LogP contribution < -0.4 is 0 Å². The van der Waals surface area contributed by atoms with Crippen molar-refractivity contribution in [1.82, 2.24) is 0 Å². The zero-order valence-electron chi connectivity index (χ0n) is 39.6. The van der Waals surface area contributed by atoms with Gasteiger partial charge in [0.1, 0.15) is 12.2 Å². The summed E-state index contributed by atoms with van der Waals surface area (Å²) >= 11 is 0. The van der Waals surface area contributed by atoms with Crippen molar-refractivity contribution in [3.8, 4) is 0 Å². The quantitative estimate of drug-likeness (QED) is 0.0210. The Morgan fingerprint density at radius 3 is 0.552 bits per heavy atom. The van der Waals surface area contributed by atoms with Crippen LogP contribution in [0, 0.1) is 42.7 Å². The van der Waals surface area contributed by atoms with Crippen LogP contribution in [-0.4, -0.2) is 258 Å². The van der Waals surface area contributed by atoms with Gasteiger partial charge in [-0.1, -0.05) is 0 Å². The summed E-state index contributed by atoms with van der Waals surface area (Å²) in [6.45, 7) is 4.34. The Balaban J connectivity index is -0.000000141. The Morgan fingerprint density at radius 1 is 0.239 bits per heavy atom. The fraction of sp³-hybridized carbons (Fsp3) is 0.850. The van der Waals surface area contributed by atoms with E-state index in [1.807, 2.05) is 0 Å². The summed E-state index contributed by atoms with van der Waals surface area (Å²) < 4.78 is 67.3. The first-order chi connectivity index (χ1) is 30.8. The van der Waals surface area contributed by atoms with Gasteiger partial charge in [-0.3, -0.25) is 0 Å². The van der Waals surface area contributed by atoms with Crippen molar-refractivity contribution in [3.05, 3.63) is 42.7 Å². The first kappa shape index (κ1) is 77.3. The fourth-order valence-electron chi connectivity index (χ4n) is 3.85. The van der Waals surface area contributed by atoms with Crippen LogP contribution in [0.3, 0.4) is 0 Å². The van der Waals surface area contributed by atoms with Crippen LogP contribution in [0.25, 0.3) is 0 Å². The number of aliphatic hydroxyl groups excluding tert-OH is 10. The summed E-state index contributed by atoms with van der Waals surface area (Å²) in [6.07, 6.45) is -4.22.